The Labute approximate surface area is 67.1 Å². The lowest BCUT2D eigenvalue weighted by Gasteiger charge is -1.92. The van der Waals surface area contributed by atoms with E-state index in [4.69, 9.17) is 5.11 Å². The Bertz CT molecular complexity index is 184. The molecule has 62 valence electrons. The second-order valence-corrected chi connectivity index (χ2v) is 1.80. The predicted octanol–water partition coefficient (Wildman–Crippen LogP) is 1.30. The first-order chi connectivity index (χ1) is 5.33. The van der Waals surface area contributed by atoms with Crippen LogP contribution in [0.2, 0.25) is 0 Å². The minimum atomic E-state index is 0.0142. The van der Waals surface area contributed by atoms with Gasteiger partial charge in [-0.3, -0.25) is 0 Å². The summed E-state index contributed by atoms with van der Waals surface area (Å²) in [6, 6.07) is 0. The van der Waals surface area contributed by atoms with E-state index in [0.717, 1.165) is 11.4 Å². The summed E-state index contributed by atoms with van der Waals surface area (Å²) in [5.41, 5.74) is 0.751. The summed E-state index contributed by atoms with van der Waals surface area (Å²) in [6.07, 6.45) is 3.23. The molecule has 3 heteroatoms. The molecule has 11 heavy (non-hydrogen) atoms. The van der Waals surface area contributed by atoms with Crippen molar-refractivity contribution in [2.24, 2.45) is 0 Å². The third-order valence-electron chi connectivity index (χ3n) is 1.02. The molecule has 0 aliphatic rings. The monoisotopic (exact) mass is 154 g/mol. The fourth-order valence-electron chi connectivity index (χ4n) is 0.501. The summed E-state index contributed by atoms with van der Waals surface area (Å²) in [4.78, 5) is 7.76. The Hall–Kier alpha value is -0.960. The van der Waals surface area contributed by atoms with Crippen LogP contribution >= 0.6 is 0 Å². The zero-order valence-electron chi connectivity index (χ0n) is 7.20. The van der Waals surface area contributed by atoms with Crippen LogP contribution in [0.3, 0.4) is 0 Å². The van der Waals surface area contributed by atoms with E-state index < -0.39 is 0 Å². The van der Waals surface area contributed by atoms with Crippen molar-refractivity contribution in [2.75, 3.05) is 0 Å². The van der Waals surface area contributed by atoms with Crippen molar-refractivity contribution in [3.63, 3.8) is 0 Å². The van der Waals surface area contributed by atoms with Crippen LogP contribution in [0.5, 0.6) is 0 Å². The van der Waals surface area contributed by atoms with E-state index in [2.05, 4.69) is 9.97 Å². The SMILES string of the molecule is CC.Cc1ncc(CO)cn1. The molecule has 3 nitrogen and oxygen atoms in total. The Balaban J connectivity index is 0.000000461. The van der Waals surface area contributed by atoms with Crippen LogP contribution in [-0.2, 0) is 6.61 Å². The smallest absolute Gasteiger partial charge is 0.125 e. The molecular formula is C8H14N2O. The van der Waals surface area contributed by atoms with Crippen molar-refractivity contribution >= 4 is 0 Å². The lowest BCUT2D eigenvalue weighted by atomic mass is 10.4. The standard InChI is InChI=1S/C6H8N2O.C2H6/c1-5-7-2-6(4-9)3-8-5;1-2/h2-3,9H,4H2,1H3;1-2H3. The molecule has 0 fully saturated rings. The van der Waals surface area contributed by atoms with E-state index in [1.54, 1.807) is 19.3 Å². The summed E-state index contributed by atoms with van der Waals surface area (Å²) < 4.78 is 0. The molecular weight excluding hydrogens is 140 g/mol. The maximum Gasteiger partial charge on any atom is 0.125 e. The van der Waals surface area contributed by atoms with E-state index in [1.165, 1.54) is 0 Å². The van der Waals surface area contributed by atoms with Crippen LogP contribution in [0.25, 0.3) is 0 Å². The van der Waals surface area contributed by atoms with Crippen LogP contribution < -0.4 is 0 Å². The normalized spacial score (nSPS) is 8.36. The highest BCUT2D eigenvalue weighted by atomic mass is 16.3. The van der Waals surface area contributed by atoms with Gasteiger partial charge in [0.15, 0.2) is 0 Å². The molecule has 0 spiro atoms. The van der Waals surface area contributed by atoms with Crippen molar-refractivity contribution in [3.05, 3.63) is 23.8 Å². The zero-order chi connectivity index (χ0) is 8.69. The van der Waals surface area contributed by atoms with E-state index in [-0.39, 0.29) is 6.61 Å². The highest BCUT2D eigenvalue weighted by molar-refractivity contribution is 5.02. The molecule has 0 amide bonds. The van der Waals surface area contributed by atoms with Crippen LogP contribution in [-0.4, -0.2) is 15.1 Å². The number of aryl methyl sites for hydroxylation is 1. The summed E-state index contributed by atoms with van der Waals surface area (Å²) in [5.74, 6) is 0.729. The number of hydrogen-bond donors (Lipinski definition) is 1. The van der Waals surface area contributed by atoms with Gasteiger partial charge in [0.1, 0.15) is 5.82 Å². The van der Waals surface area contributed by atoms with Crippen LogP contribution in [0, 0.1) is 6.92 Å². The van der Waals surface area contributed by atoms with E-state index in [1.807, 2.05) is 13.8 Å². The van der Waals surface area contributed by atoms with Crippen LogP contribution in [0.15, 0.2) is 12.4 Å². The van der Waals surface area contributed by atoms with Gasteiger partial charge in [-0.1, -0.05) is 13.8 Å². The van der Waals surface area contributed by atoms with E-state index in [9.17, 15) is 0 Å². The van der Waals surface area contributed by atoms with Crippen LogP contribution in [0.4, 0.5) is 0 Å². The summed E-state index contributed by atoms with van der Waals surface area (Å²) in [7, 11) is 0. The molecule has 0 atom stereocenters. The third kappa shape index (κ3) is 3.68. The molecule has 0 radical (unpaired) electrons. The lowest BCUT2D eigenvalue weighted by Crippen LogP contribution is -1.89. The summed E-state index contributed by atoms with van der Waals surface area (Å²) in [5, 5.41) is 8.55. The molecule has 1 rings (SSSR count). The minimum Gasteiger partial charge on any atom is -0.392 e. The largest absolute Gasteiger partial charge is 0.392 e. The minimum absolute atomic E-state index is 0.0142. The van der Waals surface area contributed by atoms with Gasteiger partial charge in [-0.25, -0.2) is 9.97 Å². The Morgan fingerprint density at radius 1 is 1.27 bits per heavy atom. The molecule has 1 aromatic heterocycles. The summed E-state index contributed by atoms with van der Waals surface area (Å²) in [6.45, 7) is 5.82. The third-order valence-corrected chi connectivity index (χ3v) is 1.02. The Morgan fingerprint density at radius 2 is 1.73 bits per heavy atom. The average Bonchev–Trinajstić information content (AvgIpc) is 2.10. The average molecular weight is 154 g/mol. The zero-order valence-corrected chi connectivity index (χ0v) is 7.20. The second kappa shape index (κ2) is 5.80. The van der Waals surface area contributed by atoms with Crippen molar-refractivity contribution in [1.82, 2.24) is 9.97 Å². The van der Waals surface area contributed by atoms with Gasteiger partial charge < -0.3 is 5.11 Å². The predicted molar refractivity (Wildman–Crippen MR) is 44.0 cm³/mol. The molecule has 0 saturated carbocycles. The van der Waals surface area contributed by atoms with Gasteiger partial charge in [0, 0.05) is 18.0 Å². The van der Waals surface area contributed by atoms with Crippen molar-refractivity contribution in [3.8, 4) is 0 Å². The molecule has 0 aromatic carbocycles. The number of aliphatic hydroxyl groups is 1. The molecule has 1 heterocycles. The van der Waals surface area contributed by atoms with Gasteiger partial charge in [-0.15, -0.1) is 0 Å². The van der Waals surface area contributed by atoms with Crippen molar-refractivity contribution in [2.45, 2.75) is 27.4 Å². The number of rotatable bonds is 1. The Morgan fingerprint density at radius 3 is 2.09 bits per heavy atom. The fourth-order valence-corrected chi connectivity index (χ4v) is 0.501. The molecule has 1 aromatic rings. The quantitative estimate of drug-likeness (QED) is 0.663. The van der Waals surface area contributed by atoms with Crippen LogP contribution in [0.1, 0.15) is 25.2 Å². The maximum absolute atomic E-state index is 8.55. The molecule has 0 saturated heterocycles. The lowest BCUT2D eigenvalue weighted by molar-refractivity contribution is 0.281. The molecule has 0 unspecified atom stereocenters. The van der Waals surface area contributed by atoms with Gasteiger partial charge in [-0.05, 0) is 6.92 Å². The first-order valence-corrected chi connectivity index (χ1v) is 3.71. The number of aliphatic hydroxyl groups excluding tert-OH is 1. The summed E-state index contributed by atoms with van der Waals surface area (Å²) >= 11 is 0. The van der Waals surface area contributed by atoms with E-state index >= 15 is 0 Å². The highest BCUT2D eigenvalue weighted by Gasteiger charge is 1.88. The maximum atomic E-state index is 8.55. The van der Waals surface area contributed by atoms with E-state index in [0.29, 0.717) is 0 Å². The van der Waals surface area contributed by atoms with Crippen molar-refractivity contribution < 1.29 is 5.11 Å². The van der Waals surface area contributed by atoms with Gasteiger partial charge in [0.25, 0.3) is 0 Å². The van der Waals surface area contributed by atoms with Gasteiger partial charge in [-0.2, -0.15) is 0 Å². The first kappa shape index (κ1) is 10.0. The Kier molecular flexibility index (Phi) is 5.29. The molecule has 0 aliphatic heterocycles. The number of hydrogen-bond acceptors (Lipinski definition) is 3. The molecule has 0 bridgehead atoms. The second-order valence-electron chi connectivity index (χ2n) is 1.80. The molecule has 0 aliphatic carbocycles. The highest BCUT2D eigenvalue weighted by Crippen LogP contribution is 1.92. The van der Waals surface area contributed by atoms with Crippen molar-refractivity contribution in [1.29, 1.82) is 0 Å². The van der Waals surface area contributed by atoms with Gasteiger partial charge in [0.05, 0.1) is 6.61 Å². The topological polar surface area (TPSA) is 46.0 Å². The molecule has 1 N–H and O–H groups in total. The fraction of sp³-hybridized carbons (Fsp3) is 0.500. The van der Waals surface area contributed by atoms with Gasteiger partial charge in [0.2, 0.25) is 0 Å². The first-order valence-electron chi connectivity index (χ1n) is 3.71. The number of aromatic nitrogens is 2. The van der Waals surface area contributed by atoms with Gasteiger partial charge >= 0.3 is 0 Å². The number of nitrogens with zero attached hydrogens (tertiary/aromatic N) is 2.